The van der Waals surface area contributed by atoms with Crippen LogP contribution >= 0.6 is 0 Å². The Balaban J connectivity index is 2.39. The van der Waals surface area contributed by atoms with Crippen LogP contribution in [0.25, 0.3) is 0 Å². The Morgan fingerprint density at radius 2 is 1.61 bits per heavy atom. The lowest BCUT2D eigenvalue weighted by Gasteiger charge is -2.45. The minimum atomic E-state index is -4.74. The second-order valence-corrected chi connectivity index (χ2v) is 4.59. The third-order valence-electron chi connectivity index (χ3n) is 2.95. The molecule has 2 N–H and O–H groups in total. The summed E-state index contributed by atoms with van der Waals surface area (Å²) in [5.41, 5.74) is 2.50. The fourth-order valence-electron chi connectivity index (χ4n) is 2.12. The lowest BCUT2D eigenvalue weighted by Crippen LogP contribution is -2.55. The quantitative estimate of drug-likeness (QED) is 0.777. The van der Waals surface area contributed by atoms with Crippen LogP contribution in [0.4, 0.5) is 26.3 Å². The van der Waals surface area contributed by atoms with Crippen molar-refractivity contribution in [1.29, 1.82) is 0 Å². The van der Waals surface area contributed by atoms with Gasteiger partial charge in [-0.1, -0.05) is 0 Å². The molecule has 0 aliphatic heterocycles. The fourth-order valence-corrected chi connectivity index (χ4v) is 2.12. The number of hydrogen-bond donors (Lipinski definition) is 1. The molecule has 1 aliphatic carbocycles. The van der Waals surface area contributed by atoms with Gasteiger partial charge in [-0.3, -0.25) is 0 Å². The SMILES string of the molecule is NC1(c2cc(F)cc(C(F)(F)F)c2)CC(F)(F)C1. The van der Waals surface area contributed by atoms with Gasteiger partial charge in [-0.25, -0.2) is 13.2 Å². The molecule has 0 bridgehead atoms. The molecular formula is C11H9F6N. The van der Waals surface area contributed by atoms with Crippen LogP contribution < -0.4 is 5.73 Å². The molecular weight excluding hydrogens is 260 g/mol. The van der Waals surface area contributed by atoms with Gasteiger partial charge in [0.25, 0.3) is 5.92 Å². The molecule has 2 rings (SSSR count). The number of alkyl halides is 5. The third kappa shape index (κ3) is 2.31. The third-order valence-corrected chi connectivity index (χ3v) is 2.95. The molecule has 18 heavy (non-hydrogen) atoms. The highest BCUT2D eigenvalue weighted by atomic mass is 19.4. The Kier molecular flexibility index (Phi) is 2.66. The van der Waals surface area contributed by atoms with Crippen LogP contribution in [0.2, 0.25) is 0 Å². The maximum Gasteiger partial charge on any atom is 0.416 e. The molecule has 0 aromatic heterocycles. The van der Waals surface area contributed by atoms with Crippen molar-refractivity contribution < 1.29 is 26.3 Å². The number of benzene rings is 1. The molecule has 0 radical (unpaired) electrons. The van der Waals surface area contributed by atoms with Crippen molar-refractivity contribution in [1.82, 2.24) is 0 Å². The molecule has 1 aromatic rings. The first kappa shape index (κ1) is 13.2. The zero-order chi connectivity index (χ0) is 13.8. The second-order valence-electron chi connectivity index (χ2n) is 4.59. The number of hydrogen-bond acceptors (Lipinski definition) is 1. The van der Waals surface area contributed by atoms with Gasteiger partial charge in [-0.2, -0.15) is 13.2 Å². The summed E-state index contributed by atoms with van der Waals surface area (Å²) in [7, 11) is 0. The first-order valence-electron chi connectivity index (χ1n) is 5.07. The Morgan fingerprint density at radius 3 is 2.06 bits per heavy atom. The zero-order valence-corrected chi connectivity index (χ0v) is 8.99. The topological polar surface area (TPSA) is 26.0 Å². The summed E-state index contributed by atoms with van der Waals surface area (Å²) in [4.78, 5) is 0. The molecule has 1 saturated carbocycles. The standard InChI is InChI=1S/C11H9F6N/c12-8-2-6(1-7(3-8)11(15,16)17)9(18)4-10(13,14)5-9/h1-3H,4-5,18H2. The molecule has 100 valence electrons. The summed E-state index contributed by atoms with van der Waals surface area (Å²) in [6.07, 6.45) is -6.29. The molecule has 1 nitrogen and oxygen atoms in total. The van der Waals surface area contributed by atoms with Crippen molar-refractivity contribution in [3.8, 4) is 0 Å². The predicted octanol–water partition coefficient (Wildman–Crippen LogP) is 3.43. The van der Waals surface area contributed by atoms with E-state index in [4.69, 9.17) is 5.73 Å². The Bertz CT molecular complexity index is 471. The Labute approximate surface area is 98.6 Å². The van der Waals surface area contributed by atoms with Gasteiger partial charge in [0, 0.05) is 12.8 Å². The number of nitrogens with two attached hydrogens (primary N) is 1. The Morgan fingerprint density at radius 1 is 1.06 bits per heavy atom. The molecule has 1 aliphatic rings. The smallest absolute Gasteiger partial charge is 0.321 e. The molecule has 0 atom stereocenters. The second kappa shape index (κ2) is 3.63. The van der Waals surface area contributed by atoms with Gasteiger partial charge in [-0.05, 0) is 23.8 Å². The molecule has 0 amide bonds. The highest BCUT2D eigenvalue weighted by Crippen LogP contribution is 2.50. The van der Waals surface area contributed by atoms with E-state index in [0.29, 0.717) is 12.1 Å². The van der Waals surface area contributed by atoms with E-state index in [1.807, 2.05) is 0 Å². The van der Waals surface area contributed by atoms with Crippen LogP contribution in [-0.2, 0) is 11.7 Å². The first-order chi connectivity index (χ1) is 8.02. The maximum absolute atomic E-state index is 13.1. The first-order valence-corrected chi connectivity index (χ1v) is 5.07. The fraction of sp³-hybridized carbons (Fsp3) is 0.455. The molecule has 0 spiro atoms. The van der Waals surface area contributed by atoms with Crippen LogP contribution in [0, 0.1) is 5.82 Å². The summed E-state index contributed by atoms with van der Waals surface area (Å²) >= 11 is 0. The van der Waals surface area contributed by atoms with Crippen LogP contribution in [0.3, 0.4) is 0 Å². The van der Waals surface area contributed by atoms with Crippen molar-refractivity contribution in [3.05, 3.63) is 35.1 Å². The zero-order valence-electron chi connectivity index (χ0n) is 8.99. The van der Waals surface area contributed by atoms with E-state index in [1.165, 1.54) is 0 Å². The van der Waals surface area contributed by atoms with E-state index in [2.05, 4.69) is 0 Å². The average Bonchev–Trinajstić information content (AvgIpc) is 2.12. The minimum Gasteiger partial charge on any atom is -0.321 e. The molecule has 0 heterocycles. The monoisotopic (exact) mass is 269 g/mol. The maximum atomic E-state index is 13.1. The van der Waals surface area contributed by atoms with Crippen molar-refractivity contribution in [2.24, 2.45) is 5.73 Å². The lowest BCUT2D eigenvalue weighted by atomic mass is 9.69. The lowest BCUT2D eigenvalue weighted by molar-refractivity contribution is -0.138. The van der Waals surface area contributed by atoms with E-state index in [0.717, 1.165) is 6.07 Å². The van der Waals surface area contributed by atoms with Gasteiger partial charge in [0.15, 0.2) is 0 Å². The highest BCUT2D eigenvalue weighted by molar-refractivity contribution is 5.34. The summed E-state index contributed by atoms with van der Waals surface area (Å²) < 4.78 is 76.0. The molecule has 7 heteroatoms. The van der Waals surface area contributed by atoms with Crippen molar-refractivity contribution >= 4 is 0 Å². The average molecular weight is 269 g/mol. The molecule has 0 unspecified atom stereocenters. The van der Waals surface area contributed by atoms with E-state index in [9.17, 15) is 26.3 Å². The predicted molar refractivity (Wildman–Crippen MR) is 51.4 cm³/mol. The van der Waals surface area contributed by atoms with Crippen LogP contribution in [0.15, 0.2) is 18.2 Å². The largest absolute Gasteiger partial charge is 0.416 e. The van der Waals surface area contributed by atoms with Crippen LogP contribution in [-0.4, -0.2) is 5.92 Å². The van der Waals surface area contributed by atoms with Crippen molar-refractivity contribution in [3.63, 3.8) is 0 Å². The van der Waals surface area contributed by atoms with E-state index in [1.54, 1.807) is 0 Å². The highest BCUT2D eigenvalue weighted by Gasteiger charge is 2.55. The van der Waals surface area contributed by atoms with Crippen LogP contribution in [0.5, 0.6) is 0 Å². The van der Waals surface area contributed by atoms with Gasteiger partial charge in [0.1, 0.15) is 5.82 Å². The van der Waals surface area contributed by atoms with Crippen molar-refractivity contribution in [2.75, 3.05) is 0 Å². The van der Waals surface area contributed by atoms with Gasteiger partial charge in [0.2, 0.25) is 0 Å². The summed E-state index contributed by atoms with van der Waals surface area (Å²) in [5.74, 6) is -4.14. The van der Waals surface area contributed by atoms with E-state index >= 15 is 0 Å². The minimum absolute atomic E-state index is 0.249. The normalized spacial score (nSPS) is 21.5. The van der Waals surface area contributed by atoms with Crippen molar-refractivity contribution in [2.45, 2.75) is 30.5 Å². The van der Waals surface area contributed by atoms with Gasteiger partial charge in [-0.15, -0.1) is 0 Å². The summed E-state index contributed by atoms with van der Waals surface area (Å²) in [6, 6.07) is 1.70. The van der Waals surface area contributed by atoms with E-state index in [-0.39, 0.29) is 5.56 Å². The number of rotatable bonds is 1. The van der Waals surface area contributed by atoms with Gasteiger partial charge in [0.05, 0.1) is 11.1 Å². The Hall–Kier alpha value is -1.24. The number of halogens is 6. The summed E-state index contributed by atoms with van der Waals surface area (Å²) in [5, 5.41) is 0. The van der Waals surface area contributed by atoms with E-state index < -0.39 is 41.9 Å². The van der Waals surface area contributed by atoms with Crippen LogP contribution in [0.1, 0.15) is 24.0 Å². The molecule has 1 aromatic carbocycles. The summed E-state index contributed by atoms with van der Waals surface area (Å²) in [6.45, 7) is 0. The molecule has 1 fully saturated rings. The van der Waals surface area contributed by atoms with Gasteiger partial charge >= 0.3 is 6.18 Å². The molecule has 0 saturated heterocycles. The van der Waals surface area contributed by atoms with Gasteiger partial charge < -0.3 is 5.73 Å².